The van der Waals surface area contributed by atoms with Crippen LogP contribution in [0.5, 0.6) is 0 Å². The molecule has 2 aromatic carbocycles. The molecule has 0 aliphatic rings. The van der Waals surface area contributed by atoms with Crippen LogP contribution in [-0.4, -0.2) is 17.9 Å². The molecule has 23 heavy (non-hydrogen) atoms. The third-order valence-corrected chi connectivity index (χ3v) is 3.33. The van der Waals surface area contributed by atoms with Gasteiger partial charge >= 0.3 is 6.09 Å². The molecule has 0 fully saturated rings. The topological polar surface area (TPSA) is 55.4 Å². The van der Waals surface area contributed by atoms with Gasteiger partial charge in [0.1, 0.15) is 6.61 Å². The van der Waals surface area contributed by atoms with Crippen molar-refractivity contribution in [2.24, 2.45) is 0 Å². The van der Waals surface area contributed by atoms with E-state index in [0.717, 1.165) is 11.1 Å². The lowest BCUT2D eigenvalue weighted by Crippen LogP contribution is -2.41. The van der Waals surface area contributed by atoms with Gasteiger partial charge in [0, 0.05) is 6.42 Å². The van der Waals surface area contributed by atoms with Crippen LogP contribution in [0.1, 0.15) is 11.1 Å². The van der Waals surface area contributed by atoms with Gasteiger partial charge < -0.3 is 10.1 Å². The van der Waals surface area contributed by atoms with Crippen LogP contribution < -0.4 is 5.32 Å². The Morgan fingerprint density at radius 1 is 1.00 bits per heavy atom. The van der Waals surface area contributed by atoms with Gasteiger partial charge in [-0.25, -0.2) is 4.79 Å². The highest BCUT2D eigenvalue weighted by molar-refractivity contribution is 5.95. The highest BCUT2D eigenvalue weighted by Crippen LogP contribution is 2.06. The minimum atomic E-state index is -0.682. The predicted molar refractivity (Wildman–Crippen MR) is 88.9 cm³/mol. The Morgan fingerprint density at radius 2 is 1.57 bits per heavy atom. The van der Waals surface area contributed by atoms with Crippen LogP contribution in [0, 0.1) is 0 Å². The van der Waals surface area contributed by atoms with E-state index >= 15 is 0 Å². The number of carbonyl (C=O) groups excluding carboxylic acids is 2. The zero-order valence-electron chi connectivity index (χ0n) is 12.8. The molecular formula is C19H19NO3. The first-order valence-corrected chi connectivity index (χ1v) is 7.36. The lowest BCUT2D eigenvalue weighted by atomic mass is 10.0. The maximum Gasteiger partial charge on any atom is 0.408 e. The standard InChI is InChI=1S/C19H19NO3/c1-2-18(21)17(13-15-9-5-3-6-10-15)20-19(22)23-14-16-11-7-4-8-12-16/h2-12,17H,1,13-14H2,(H,20,22)/t17-/m0/s1. The number of ether oxygens (including phenoxy) is 1. The molecule has 1 N–H and O–H groups in total. The molecule has 0 bridgehead atoms. The van der Waals surface area contributed by atoms with E-state index in [1.807, 2.05) is 60.7 Å². The second-order valence-corrected chi connectivity index (χ2v) is 5.05. The van der Waals surface area contributed by atoms with E-state index in [9.17, 15) is 9.59 Å². The number of nitrogens with one attached hydrogen (secondary N) is 1. The number of carbonyl (C=O) groups is 2. The largest absolute Gasteiger partial charge is 0.445 e. The number of benzene rings is 2. The number of amides is 1. The molecule has 2 rings (SSSR count). The molecule has 0 unspecified atom stereocenters. The zero-order chi connectivity index (χ0) is 16.5. The summed E-state index contributed by atoms with van der Waals surface area (Å²) in [5.41, 5.74) is 1.84. The van der Waals surface area contributed by atoms with Gasteiger partial charge in [-0.15, -0.1) is 0 Å². The monoisotopic (exact) mass is 309 g/mol. The van der Waals surface area contributed by atoms with Crippen molar-refractivity contribution < 1.29 is 14.3 Å². The SMILES string of the molecule is C=CC(=O)[C@H](Cc1ccccc1)NC(=O)OCc1ccccc1. The fourth-order valence-corrected chi connectivity index (χ4v) is 2.12. The average molecular weight is 309 g/mol. The summed E-state index contributed by atoms with van der Waals surface area (Å²) in [4.78, 5) is 23.9. The van der Waals surface area contributed by atoms with E-state index < -0.39 is 12.1 Å². The number of hydrogen-bond donors (Lipinski definition) is 1. The number of rotatable bonds is 7. The average Bonchev–Trinajstić information content (AvgIpc) is 2.60. The summed E-state index contributed by atoms with van der Waals surface area (Å²) >= 11 is 0. The quantitative estimate of drug-likeness (QED) is 0.799. The molecule has 1 amide bonds. The predicted octanol–water partition coefficient (Wildman–Crippen LogP) is 3.28. The molecule has 0 aliphatic carbocycles. The van der Waals surface area contributed by atoms with Crippen molar-refractivity contribution in [1.82, 2.24) is 5.32 Å². The van der Waals surface area contributed by atoms with Crippen molar-refractivity contribution in [2.75, 3.05) is 0 Å². The Morgan fingerprint density at radius 3 is 2.13 bits per heavy atom. The molecule has 118 valence electrons. The van der Waals surface area contributed by atoms with Crippen molar-refractivity contribution >= 4 is 11.9 Å². The maximum absolute atomic E-state index is 11.9. The molecule has 0 spiro atoms. The minimum Gasteiger partial charge on any atom is -0.445 e. The molecule has 0 saturated heterocycles. The summed E-state index contributed by atoms with van der Waals surface area (Å²) in [6.45, 7) is 3.64. The molecule has 0 aliphatic heterocycles. The Kier molecular flexibility index (Phi) is 6.12. The van der Waals surface area contributed by atoms with Crippen LogP contribution in [0.15, 0.2) is 73.3 Å². The first kappa shape index (κ1) is 16.5. The third kappa shape index (κ3) is 5.43. The summed E-state index contributed by atoms with van der Waals surface area (Å²) in [6, 6.07) is 18.2. The normalized spacial score (nSPS) is 11.3. The number of ketones is 1. The molecule has 0 aromatic heterocycles. The van der Waals surface area contributed by atoms with Crippen LogP contribution in [-0.2, 0) is 22.6 Å². The van der Waals surface area contributed by atoms with E-state index in [1.165, 1.54) is 6.08 Å². The molecular weight excluding hydrogens is 290 g/mol. The van der Waals surface area contributed by atoms with Gasteiger partial charge in [-0.05, 0) is 17.2 Å². The third-order valence-electron chi connectivity index (χ3n) is 3.33. The molecule has 2 aromatic rings. The fourth-order valence-electron chi connectivity index (χ4n) is 2.12. The summed E-state index contributed by atoms with van der Waals surface area (Å²) < 4.78 is 5.15. The van der Waals surface area contributed by atoms with Gasteiger partial charge in [0.25, 0.3) is 0 Å². The van der Waals surface area contributed by atoms with Crippen molar-refractivity contribution in [3.05, 3.63) is 84.4 Å². The molecule has 0 radical (unpaired) electrons. The lowest BCUT2D eigenvalue weighted by Gasteiger charge is -2.16. The maximum atomic E-state index is 11.9. The molecule has 4 heteroatoms. The van der Waals surface area contributed by atoms with Crippen molar-refractivity contribution in [1.29, 1.82) is 0 Å². The number of alkyl carbamates (subject to hydrolysis) is 1. The van der Waals surface area contributed by atoms with Gasteiger partial charge in [-0.1, -0.05) is 67.2 Å². The molecule has 0 heterocycles. The van der Waals surface area contributed by atoms with E-state index in [2.05, 4.69) is 11.9 Å². The second-order valence-electron chi connectivity index (χ2n) is 5.05. The van der Waals surface area contributed by atoms with Gasteiger partial charge in [-0.2, -0.15) is 0 Å². The van der Waals surface area contributed by atoms with Crippen LogP contribution in [0.25, 0.3) is 0 Å². The first-order chi connectivity index (χ1) is 11.2. The first-order valence-electron chi connectivity index (χ1n) is 7.36. The minimum absolute atomic E-state index is 0.160. The van der Waals surface area contributed by atoms with Crippen LogP contribution >= 0.6 is 0 Å². The van der Waals surface area contributed by atoms with Crippen molar-refractivity contribution in [3.63, 3.8) is 0 Å². The smallest absolute Gasteiger partial charge is 0.408 e. The summed E-state index contributed by atoms with van der Waals surface area (Å²) in [5, 5.41) is 2.60. The van der Waals surface area contributed by atoms with Crippen molar-refractivity contribution in [3.8, 4) is 0 Å². The van der Waals surface area contributed by atoms with E-state index in [1.54, 1.807) is 0 Å². The Labute approximate surface area is 135 Å². The highest BCUT2D eigenvalue weighted by Gasteiger charge is 2.19. The number of hydrogen-bond acceptors (Lipinski definition) is 3. The van der Waals surface area contributed by atoms with Gasteiger partial charge in [0.15, 0.2) is 5.78 Å². The molecule has 0 saturated carbocycles. The van der Waals surface area contributed by atoms with Gasteiger partial charge in [-0.3, -0.25) is 4.79 Å². The Balaban J connectivity index is 1.93. The van der Waals surface area contributed by atoms with E-state index in [0.29, 0.717) is 6.42 Å². The Hall–Kier alpha value is -2.88. The second kappa shape index (κ2) is 8.54. The van der Waals surface area contributed by atoms with Crippen LogP contribution in [0.3, 0.4) is 0 Å². The molecule has 4 nitrogen and oxygen atoms in total. The fraction of sp³-hybridized carbons (Fsp3) is 0.158. The summed E-state index contributed by atoms with van der Waals surface area (Å²) in [7, 11) is 0. The van der Waals surface area contributed by atoms with Crippen molar-refractivity contribution in [2.45, 2.75) is 19.1 Å². The Bertz CT molecular complexity index is 653. The summed E-state index contributed by atoms with van der Waals surface area (Å²) in [6.07, 6.45) is 0.988. The van der Waals surface area contributed by atoms with Crippen LogP contribution in [0.2, 0.25) is 0 Å². The van der Waals surface area contributed by atoms with E-state index in [-0.39, 0.29) is 12.4 Å². The summed E-state index contributed by atoms with van der Waals surface area (Å²) in [5.74, 6) is -0.245. The van der Waals surface area contributed by atoms with Gasteiger partial charge in [0.2, 0.25) is 0 Å². The lowest BCUT2D eigenvalue weighted by molar-refractivity contribution is -0.116. The highest BCUT2D eigenvalue weighted by atomic mass is 16.5. The molecule has 1 atom stereocenters. The van der Waals surface area contributed by atoms with Gasteiger partial charge in [0.05, 0.1) is 6.04 Å². The van der Waals surface area contributed by atoms with E-state index in [4.69, 9.17) is 4.74 Å². The zero-order valence-corrected chi connectivity index (χ0v) is 12.8. The van der Waals surface area contributed by atoms with Crippen LogP contribution in [0.4, 0.5) is 4.79 Å².